The number of aliphatic imine (C=N–C) groups is 1. The summed E-state index contributed by atoms with van der Waals surface area (Å²) in [6, 6.07) is 2.00. The van der Waals surface area contributed by atoms with Crippen LogP contribution in [0.1, 0.15) is 18.1 Å². The summed E-state index contributed by atoms with van der Waals surface area (Å²) in [6.07, 6.45) is 6.92. The Morgan fingerprint density at radius 3 is 2.90 bits per heavy atom. The molecule has 1 aromatic carbocycles. The van der Waals surface area contributed by atoms with Gasteiger partial charge in [-0.25, -0.2) is 4.99 Å². The lowest BCUT2D eigenvalue weighted by molar-refractivity contribution is -0.112. The highest BCUT2D eigenvalue weighted by Crippen LogP contribution is 2.43. The predicted octanol–water partition coefficient (Wildman–Crippen LogP) is 2.14. The SMILES string of the molecule is Cc1c2c(cc(NC(=O)/C(C=N)=C3\N=CC=CN3)c1N1CCOCC1)CC(C)O2. The molecule has 4 rings (SSSR count). The van der Waals surface area contributed by atoms with Crippen LogP contribution >= 0.6 is 0 Å². The van der Waals surface area contributed by atoms with Crippen molar-refractivity contribution in [3.05, 3.63) is 40.9 Å². The van der Waals surface area contributed by atoms with Gasteiger partial charge in [0.25, 0.3) is 5.91 Å². The minimum absolute atomic E-state index is 0.110. The number of hydrogen-bond acceptors (Lipinski definition) is 7. The van der Waals surface area contributed by atoms with Crippen LogP contribution < -0.4 is 20.3 Å². The summed E-state index contributed by atoms with van der Waals surface area (Å²) in [6.45, 7) is 6.85. The first kappa shape index (κ1) is 19.2. The highest BCUT2D eigenvalue weighted by atomic mass is 16.5. The van der Waals surface area contributed by atoms with Crippen molar-refractivity contribution in [3.63, 3.8) is 0 Å². The van der Waals surface area contributed by atoms with E-state index in [2.05, 4.69) is 20.5 Å². The van der Waals surface area contributed by atoms with Crippen molar-refractivity contribution in [2.24, 2.45) is 4.99 Å². The van der Waals surface area contributed by atoms with Gasteiger partial charge >= 0.3 is 0 Å². The molecule has 29 heavy (non-hydrogen) atoms. The van der Waals surface area contributed by atoms with Crippen molar-refractivity contribution < 1.29 is 14.3 Å². The summed E-state index contributed by atoms with van der Waals surface area (Å²) in [7, 11) is 0. The van der Waals surface area contributed by atoms with Gasteiger partial charge in [-0.05, 0) is 26.0 Å². The normalized spacial score (nSPS) is 21.9. The molecule has 0 bridgehead atoms. The maximum atomic E-state index is 13.0. The van der Waals surface area contributed by atoms with E-state index in [1.165, 1.54) is 0 Å². The lowest BCUT2D eigenvalue weighted by atomic mass is 10.0. The highest BCUT2D eigenvalue weighted by molar-refractivity contribution is 6.18. The Balaban J connectivity index is 1.72. The average Bonchev–Trinajstić information content (AvgIpc) is 3.11. The number of anilines is 2. The average molecular weight is 395 g/mol. The van der Waals surface area contributed by atoms with Crippen LogP contribution in [0, 0.1) is 12.3 Å². The first-order valence-corrected chi connectivity index (χ1v) is 9.76. The maximum absolute atomic E-state index is 13.0. The van der Waals surface area contributed by atoms with Crippen LogP contribution in [0.5, 0.6) is 5.75 Å². The van der Waals surface area contributed by atoms with E-state index in [-0.39, 0.29) is 17.6 Å². The third-order valence-electron chi connectivity index (χ3n) is 5.21. The Bertz CT molecular complexity index is 929. The van der Waals surface area contributed by atoms with E-state index in [1.807, 2.05) is 19.9 Å². The van der Waals surface area contributed by atoms with E-state index < -0.39 is 0 Å². The summed E-state index contributed by atoms with van der Waals surface area (Å²) >= 11 is 0. The molecular weight excluding hydrogens is 370 g/mol. The molecule has 0 saturated carbocycles. The molecule has 152 valence electrons. The van der Waals surface area contributed by atoms with Crippen molar-refractivity contribution >= 4 is 29.7 Å². The quantitative estimate of drug-likeness (QED) is 0.536. The van der Waals surface area contributed by atoms with E-state index >= 15 is 0 Å². The summed E-state index contributed by atoms with van der Waals surface area (Å²) < 4.78 is 11.5. The highest BCUT2D eigenvalue weighted by Gasteiger charge is 2.29. The van der Waals surface area contributed by atoms with E-state index in [0.29, 0.717) is 19.0 Å². The van der Waals surface area contributed by atoms with Gasteiger partial charge in [-0.2, -0.15) is 0 Å². The molecule has 3 N–H and O–H groups in total. The number of morpholine rings is 1. The Morgan fingerprint density at radius 2 is 2.21 bits per heavy atom. The van der Waals surface area contributed by atoms with Gasteiger partial charge in [0.1, 0.15) is 17.7 Å². The molecule has 1 fully saturated rings. The molecule has 3 aliphatic rings. The molecule has 1 amide bonds. The Hall–Kier alpha value is -3.13. The van der Waals surface area contributed by atoms with Gasteiger partial charge in [0.2, 0.25) is 0 Å². The second-order valence-corrected chi connectivity index (χ2v) is 7.26. The molecule has 3 aliphatic heterocycles. The number of nitrogens with one attached hydrogen (secondary N) is 3. The summed E-state index contributed by atoms with van der Waals surface area (Å²) in [5.74, 6) is 0.879. The number of carbonyl (C=O) groups is 1. The van der Waals surface area contributed by atoms with E-state index in [9.17, 15) is 4.79 Å². The number of hydrogen-bond donors (Lipinski definition) is 3. The van der Waals surface area contributed by atoms with Gasteiger partial charge < -0.3 is 30.4 Å². The third kappa shape index (κ3) is 3.75. The van der Waals surface area contributed by atoms with Crippen LogP contribution in [0.15, 0.2) is 34.7 Å². The van der Waals surface area contributed by atoms with Gasteiger partial charge in [-0.3, -0.25) is 4.79 Å². The largest absolute Gasteiger partial charge is 0.490 e. The Kier molecular flexibility index (Phi) is 5.35. The number of fused-ring (bicyclic) bond motifs is 1. The van der Waals surface area contributed by atoms with Crippen LogP contribution in [0.25, 0.3) is 0 Å². The van der Waals surface area contributed by atoms with Gasteiger partial charge in [0, 0.05) is 49.3 Å². The maximum Gasteiger partial charge on any atom is 0.261 e. The molecule has 1 saturated heterocycles. The number of nitrogens with zero attached hydrogens (tertiary/aromatic N) is 2. The van der Waals surface area contributed by atoms with E-state index in [0.717, 1.165) is 54.0 Å². The second kappa shape index (κ2) is 8.08. The molecule has 0 aliphatic carbocycles. The van der Waals surface area contributed by atoms with Crippen LogP contribution in [0.3, 0.4) is 0 Å². The van der Waals surface area contributed by atoms with Crippen molar-refractivity contribution in [3.8, 4) is 5.75 Å². The van der Waals surface area contributed by atoms with E-state index in [4.69, 9.17) is 14.9 Å². The number of rotatable bonds is 4. The van der Waals surface area contributed by atoms with Gasteiger partial charge in [-0.1, -0.05) is 0 Å². The summed E-state index contributed by atoms with van der Waals surface area (Å²) in [5, 5.41) is 13.6. The van der Waals surface area contributed by atoms with Crippen LogP contribution in [0.2, 0.25) is 0 Å². The fourth-order valence-electron chi connectivity index (χ4n) is 3.92. The number of allylic oxidation sites excluding steroid dienone is 1. The number of carbonyl (C=O) groups excluding carboxylic acids is 1. The minimum Gasteiger partial charge on any atom is -0.490 e. The molecule has 3 heterocycles. The zero-order chi connectivity index (χ0) is 20.4. The predicted molar refractivity (Wildman–Crippen MR) is 113 cm³/mol. The zero-order valence-corrected chi connectivity index (χ0v) is 16.6. The molecule has 0 spiro atoms. The Labute approximate surface area is 169 Å². The topological polar surface area (TPSA) is 99.0 Å². The lowest BCUT2D eigenvalue weighted by Crippen LogP contribution is -2.37. The van der Waals surface area contributed by atoms with Gasteiger partial charge in [0.15, 0.2) is 0 Å². The number of benzene rings is 1. The molecule has 8 nitrogen and oxygen atoms in total. The second-order valence-electron chi connectivity index (χ2n) is 7.26. The zero-order valence-electron chi connectivity index (χ0n) is 16.6. The third-order valence-corrected chi connectivity index (χ3v) is 5.21. The minimum atomic E-state index is -0.379. The molecule has 1 atom stereocenters. The van der Waals surface area contributed by atoms with Gasteiger partial charge in [0.05, 0.1) is 30.2 Å². The Morgan fingerprint density at radius 1 is 1.41 bits per heavy atom. The van der Waals surface area contributed by atoms with Crippen molar-refractivity contribution in [1.29, 1.82) is 5.41 Å². The number of ether oxygens (including phenoxy) is 2. The van der Waals surface area contributed by atoms with Crippen LogP contribution in [-0.4, -0.2) is 50.7 Å². The molecular formula is C21H25N5O3. The summed E-state index contributed by atoms with van der Waals surface area (Å²) in [4.78, 5) is 19.4. The fourth-order valence-corrected chi connectivity index (χ4v) is 3.92. The first-order chi connectivity index (χ1) is 14.1. The van der Waals surface area contributed by atoms with E-state index in [1.54, 1.807) is 18.5 Å². The first-order valence-electron chi connectivity index (χ1n) is 9.76. The molecule has 0 aromatic heterocycles. The van der Waals surface area contributed by atoms with Crippen LogP contribution in [0.4, 0.5) is 11.4 Å². The molecule has 1 aromatic rings. The molecule has 0 radical (unpaired) electrons. The van der Waals surface area contributed by atoms with Crippen molar-refractivity contribution in [2.75, 3.05) is 36.5 Å². The number of amides is 1. The molecule has 1 unspecified atom stereocenters. The summed E-state index contributed by atoms with van der Waals surface area (Å²) in [5.41, 5.74) is 3.94. The standard InChI is InChI=1S/C21H25N5O3/c1-13-10-15-11-17(25-21(27)16(12-22)20-23-4-3-5-24-20)18(14(2)19(15)29-13)26-6-8-28-9-7-26/h3-5,11-13,22-23H,6-10H2,1-2H3,(H,25,27)/b20-16-,22-12?. The van der Waals surface area contributed by atoms with Crippen LogP contribution in [-0.2, 0) is 16.0 Å². The smallest absolute Gasteiger partial charge is 0.261 e. The molecule has 8 heteroatoms. The van der Waals surface area contributed by atoms with Crippen molar-refractivity contribution in [2.45, 2.75) is 26.4 Å². The fraction of sp³-hybridized carbons (Fsp3) is 0.381. The monoisotopic (exact) mass is 395 g/mol. The van der Waals surface area contributed by atoms with Gasteiger partial charge in [-0.15, -0.1) is 0 Å². The lowest BCUT2D eigenvalue weighted by Gasteiger charge is -2.32. The van der Waals surface area contributed by atoms with Crippen molar-refractivity contribution in [1.82, 2.24) is 5.32 Å².